The Bertz CT molecular complexity index is 983. The van der Waals surface area contributed by atoms with Gasteiger partial charge in [-0.2, -0.15) is 0 Å². The quantitative estimate of drug-likeness (QED) is 0.505. The number of aromatic nitrogens is 3. The number of carbonyl (C=O) groups is 1. The fourth-order valence-electron chi connectivity index (χ4n) is 3.74. The van der Waals surface area contributed by atoms with Crippen LogP contribution in [-0.2, 0) is 11.3 Å². The summed E-state index contributed by atoms with van der Waals surface area (Å²) in [5.74, 6) is 0.520. The molecule has 0 spiro atoms. The molecule has 1 saturated heterocycles. The Morgan fingerprint density at radius 1 is 1.33 bits per heavy atom. The molecule has 0 radical (unpaired) electrons. The van der Waals surface area contributed by atoms with Crippen molar-refractivity contribution in [2.24, 2.45) is 0 Å². The average molecular weight is 384 g/mol. The van der Waals surface area contributed by atoms with Crippen LogP contribution >= 0.6 is 11.8 Å². The molecule has 1 aliphatic heterocycles. The Morgan fingerprint density at radius 2 is 2.19 bits per heavy atom. The number of Topliss-reactive ketones (excluding diaryl/α,β-unsaturated/α-hetero) is 1. The Balaban J connectivity index is 1.45. The maximum atomic E-state index is 12.8. The maximum Gasteiger partial charge on any atom is 0.175 e. The van der Waals surface area contributed by atoms with Crippen molar-refractivity contribution in [2.45, 2.75) is 51.4 Å². The summed E-state index contributed by atoms with van der Waals surface area (Å²) in [6.07, 6.45) is 2.50. The van der Waals surface area contributed by atoms with Gasteiger partial charge in [-0.15, -0.1) is 0 Å². The van der Waals surface area contributed by atoms with Crippen LogP contribution in [0.15, 0.2) is 29.4 Å². The summed E-state index contributed by atoms with van der Waals surface area (Å²) >= 11 is 1.46. The summed E-state index contributed by atoms with van der Waals surface area (Å²) in [6, 6.07) is 8.14. The Kier molecular flexibility index (Phi) is 5.10. The number of fused-ring (bicyclic) bond motifs is 1. The number of thioether (sulfide) groups is 1. The molecule has 142 valence electrons. The van der Waals surface area contributed by atoms with Crippen LogP contribution in [0.3, 0.4) is 0 Å². The molecule has 5 nitrogen and oxygen atoms in total. The predicted octanol–water partition coefficient (Wildman–Crippen LogP) is 4.44. The zero-order valence-electron chi connectivity index (χ0n) is 16.0. The van der Waals surface area contributed by atoms with E-state index >= 15 is 0 Å². The Morgan fingerprint density at radius 3 is 2.96 bits per heavy atom. The summed E-state index contributed by atoms with van der Waals surface area (Å²) in [6.45, 7) is 7.84. The second-order valence-electron chi connectivity index (χ2n) is 7.30. The van der Waals surface area contributed by atoms with Crippen LogP contribution in [0.2, 0.25) is 0 Å². The molecule has 0 saturated carbocycles. The van der Waals surface area contributed by atoms with Crippen LogP contribution in [0.4, 0.5) is 0 Å². The van der Waals surface area contributed by atoms with Crippen molar-refractivity contribution in [3.63, 3.8) is 0 Å². The van der Waals surface area contributed by atoms with Crippen LogP contribution in [0.1, 0.15) is 40.2 Å². The van der Waals surface area contributed by atoms with E-state index in [9.17, 15) is 4.79 Å². The number of imidazole rings is 1. The van der Waals surface area contributed by atoms with Crippen LogP contribution in [-0.4, -0.2) is 38.8 Å². The number of hydrogen-bond acceptors (Lipinski definition) is 4. The number of H-pyrrole nitrogens is 1. The van der Waals surface area contributed by atoms with Crippen LogP contribution in [0, 0.1) is 20.8 Å². The molecular weight excluding hydrogens is 358 g/mol. The Hall–Kier alpha value is -2.05. The number of nitrogens with one attached hydrogen (secondary N) is 1. The van der Waals surface area contributed by atoms with E-state index < -0.39 is 0 Å². The lowest BCUT2D eigenvalue weighted by Crippen LogP contribution is -2.17. The van der Waals surface area contributed by atoms with E-state index in [2.05, 4.69) is 34.4 Å². The standard InChI is InChI=1S/C21H25N3O2S/c1-13-6-7-18-19(9-13)23-21(22-18)27-12-20(25)17-10-14(2)24(15(17)3)11-16-5-4-8-26-16/h6-7,9-10,16H,4-5,8,11-12H2,1-3H3,(H,22,23). The minimum atomic E-state index is 0.142. The number of ketones is 1. The predicted molar refractivity (Wildman–Crippen MR) is 109 cm³/mol. The summed E-state index contributed by atoms with van der Waals surface area (Å²) in [7, 11) is 0. The molecule has 4 rings (SSSR count). The van der Waals surface area contributed by atoms with Gasteiger partial charge in [0.15, 0.2) is 10.9 Å². The van der Waals surface area contributed by atoms with Crippen molar-refractivity contribution in [1.29, 1.82) is 0 Å². The van der Waals surface area contributed by atoms with E-state index in [0.717, 1.165) is 59.1 Å². The van der Waals surface area contributed by atoms with Crippen molar-refractivity contribution in [3.05, 3.63) is 46.8 Å². The molecular formula is C21H25N3O2S. The number of rotatable bonds is 6. The van der Waals surface area contributed by atoms with Gasteiger partial charge < -0.3 is 14.3 Å². The minimum absolute atomic E-state index is 0.142. The molecule has 0 bridgehead atoms. The van der Waals surface area contributed by atoms with Crippen molar-refractivity contribution < 1.29 is 9.53 Å². The average Bonchev–Trinajstić information content (AvgIpc) is 3.35. The second-order valence-corrected chi connectivity index (χ2v) is 8.27. The first-order chi connectivity index (χ1) is 13.0. The van der Waals surface area contributed by atoms with Gasteiger partial charge in [0, 0.05) is 30.1 Å². The highest BCUT2D eigenvalue weighted by Gasteiger charge is 2.21. The first kappa shape index (κ1) is 18.3. The summed E-state index contributed by atoms with van der Waals surface area (Å²) in [4.78, 5) is 20.7. The lowest BCUT2D eigenvalue weighted by atomic mass is 10.2. The molecule has 27 heavy (non-hydrogen) atoms. The van der Waals surface area contributed by atoms with E-state index in [1.807, 2.05) is 25.1 Å². The number of hydrogen-bond donors (Lipinski definition) is 1. The molecule has 1 unspecified atom stereocenters. The second kappa shape index (κ2) is 7.52. The highest BCUT2D eigenvalue weighted by Crippen LogP contribution is 2.24. The van der Waals surface area contributed by atoms with Gasteiger partial charge in [-0.1, -0.05) is 17.8 Å². The van der Waals surface area contributed by atoms with Gasteiger partial charge in [0.05, 0.1) is 22.9 Å². The fourth-order valence-corrected chi connectivity index (χ4v) is 4.50. The molecule has 0 aliphatic carbocycles. The number of carbonyl (C=O) groups excluding carboxylic acids is 1. The van der Waals surface area contributed by atoms with Crippen molar-refractivity contribution in [2.75, 3.05) is 12.4 Å². The minimum Gasteiger partial charge on any atom is -0.376 e. The monoisotopic (exact) mass is 383 g/mol. The van der Waals surface area contributed by atoms with Gasteiger partial charge in [0.1, 0.15) is 0 Å². The van der Waals surface area contributed by atoms with Gasteiger partial charge in [0.25, 0.3) is 0 Å². The van der Waals surface area contributed by atoms with Gasteiger partial charge in [0.2, 0.25) is 0 Å². The normalized spacial score (nSPS) is 17.1. The molecule has 1 N–H and O–H groups in total. The Labute approximate surface area is 163 Å². The topological polar surface area (TPSA) is 59.9 Å². The van der Waals surface area contributed by atoms with Gasteiger partial charge in [-0.25, -0.2) is 4.98 Å². The third-order valence-corrected chi connectivity index (χ3v) is 6.11. The maximum absolute atomic E-state index is 12.8. The molecule has 3 heterocycles. The van der Waals surface area contributed by atoms with Crippen LogP contribution < -0.4 is 0 Å². The molecule has 6 heteroatoms. The summed E-state index contributed by atoms with van der Waals surface area (Å²) in [5, 5.41) is 0.789. The summed E-state index contributed by atoms with van der Waals surface area (Å²) in [5.41, 5.74) is 6.11. The third kappa shape index (κ3) is 3.82. The molecule has 3 aromatic rings. The number of ether oxygens (including phenoxy) is 1. The zero-order valence-corrected chi connectivity index (χ0v) is 16.9. The molecule has 2 aromatic heterocycles. The van der Waals surface area contributed by atoms with Crippen molar-refractivity contribution >= 4 is 28.6 Å². The lowest BCUT2D eigenvalue weighted by Gasteiger charge is -2.14. The summed E-state index contributed by atoms with van der Waals surface area (Å²) < 4.78 is 7.98. The highest BCUT2D eigenvalue weighted by atomic mass is 32.2. The first-order valence-electron chi connectivity index (χ1n) is 9.42. The smallest absolute Gasteiger partial charge is 0.175 e. The molecule has 1 atom stereocenters. The largest absolute Gasteiger partial charge is 0.376 e. The van der Waals surface area contributed by atoms with Gasteiger partial charge in [-0.05, 0) is 57.4 Å². The van der Waals surface area contributed by atoms with Crippen molar-refractivity contribution in [1.82, 2.24) is 14.5 Å². The fraction of sp³-hybridized carbons (Fsp3) is 0.429. The third-order valence-electron chi connectivity index (χ3n) is 5.24. The van der Waals surface area contributed by atoms with Crippen LogP contribution in [0.25, 0.3) is 11.0 Å². The number of nitrogens with zero attached hydrogens (tertiary/aromatic N) is 2. The molecule has 1 aliphatic rings. The zero-order chi connectivity index (χ0) is 19.0. The number of aromatic amines is 1. The molecule has 1 aromatic carbocycles. The lowest BCUT2D eigenvalue weighted by molar-refractivity contribution is 0.0957. The van der Waals surface area contributed by atoms with Gasteiger partial charge in [-0.3, -0.25) is 4.79 Å². The van der Waals surface area contributed by atoms with E-state index in [1.165, 1.54) is 17.3 Å². The van der Waals surface area contributed by atoms with E-state index in [0.29, 0.717) is 5.75 Å². The van der Waals surface area contributed by atoms with Gasteiger partial charge >= 0.3 is 0 Å². The molecule has 1 fully saturated rings. The van der Waals surface area contributed by atoms with E-state index in [4.69, 9.17) is 4.74 Å². The SMILES string of the molecule is Cc1ccc2nc(SCC(=O)c3cc(C)n(CC4CCCO4)c3C)[nH]c2c1. The van der Waals surface area contributed by atoms with Crippen molar-refractivity contribution in [3.8, 4) is 0 Å². The van der Waals surface area contributed by atoms with E-state index in [-0.39, 0.29) is 11.9 Å². The highest BCUT2D eigenvalue weighted by molar-refractivity contribution is 7.99. The first-order valence-corrected chi connectivity index (χ1v) is 10.4. The number of benzene rings is 1. The van der Waals surface area contributed by atoms with E-state index in [1.54, 1.807) is 0 Å². The molecule has 0 amide bonds. The number of aryl methyl sites for hydroxylation is 2. The van der Waals surface area contributed by atoms with Crippen LogP contribution in [0.5, 0.6) is 0 Å².